The van der Waals surface area contributed by atoms with Gasteiger partial charge in [0.05, 0.1) is 6.54 Å². The maximum atomic E-state index is 5.22. The van der Waals surface area contributed by atoms with Gasteiger partial charge in [-0.1, -0.05) is 36.3 Å². The summed E-state index contributed by atoms with van der Waals surface area (Å²) in [7, 11) is 0. The first kappa shape index (κ1) is 10.8. The maximum Gasteiger partial charge on any atom is 0.0578 e. The predicted octanol–water partition coefficient (Wildman–Crippen LogP) is 2.23. The second kappa shape index (κ2) is 4.83. The molecule has 0 radical (unpaired) electrons. The molecule has 0 saturated carbocycles. The molecule has 14 heavy (non-hydrogen) atoms. The normalized spacial score (nSPS) is 10.9. The van der Waals surface area contributed by atoms with Crippen LogP contribution in [-0.4, -0.2) is 12.1 Å². The van der Waals surface area contributed by atoms with Crippen LogP contribution < -0.4 is 5.32 Å². The Morgan fingerprint density at radius 2 is 1.93 bits per heavy atom. The average molecular weight is 187 g/mol. The summed E-state index contributed by atoms with van der Waals surface area (Å²) >= 11 is 0. The molecule has 0 atom stereocenters. The van der Waals surface area contributed by atoms with Gasteiger partial charge in [0.25, 0.3) is 0 Å². The van der Waals surface area contributed by atoms with Crippen molar-refractivity contribution in [2.45, 2.75) is 25.8 Å². The van der Waals surface area contributed by atoms with Crippen LogP contribution in [0.1, 0.15) is 19.4 Å². The molecular formula is C13H17N. The molecule has 0 aromatic heterocycles. The summed E-state index contributed by atoms with van der Waals surface area (Å²) in [4.78, 5) is 0. The lowest BCUT2D eigenvalue weighted by Gasteiger charge is -2.25. The monoisotopic (exact) mass is 187 g/mol. The highest BCUT2D eigenvalue weighted by atomic mass is 14.9. The van der Waals surface area contributed by atoms with E-state index < -0.39 is 0 Å². The molecule has 0 spiro atoms. The fourth-order valence-corrected chi connectivity index (χ4v) is 1.46. The van der Waals surface area contributed by atoms with E-state index in [2.05, 4.69) is 49.4 Å². The van der Waals surface area contributed by atoms with Crippen molar-refractivity contribution in [3.63, 3.8) is 0 Å². The first-order valence-corrected chi connectivity index (χ1v) is 4.86. The molecule has 0 aliphatic rings. The zero-order valence-electron chi connectivity index (χ0n) is 8.88. The Morgan fingerprint density at radius 3 is 2.50 bits per heavy atom. The first-order valence-electron chi connectivity index (χ1n) is 4.86. The lowest BCUT2D eigenvalue weighted by molar-refractivity contribution is 0.408. The highest BCUT2D eigenvalue weighted by molar-refractivity contribution is 5.17. The second-order valence-electron chi connectivity index (χ2n) is 4.10. The Bertz CT molecular complexity index is 306. The van der Waals surface area contributed by atoms with Gasteiger partial charge in [0.1, 0.15) is 0 Å². The second-order valence-corrected chi connectivity index (χ2v) is 4.10. The van der Waals surface area contributed by atoms with Crippen LogP contribution in [0.4, 0.5) is 0 Å². The quantitative estimate of drug-likeness (QED) is 0.713. The number of hydrogen-bond donors (Lipinski definition) is 1. The Kier molecular flexibility index (Phi) is 3.73. The molecule has 1 nitrogen and oxygen atoms in total. The third kappa shape index (κ3) is 3.64. The minimum Gasteiger partial charge on any atom is -0.301 e. The van der Waals surface area contributed by atoms with Crippen molar-refractivity contribution in [2.75, 3.05) is 6.54 Å². The summed E-state index contributed by atoms with van der Waals surface area (Å²) in [6, 6.07) is 10.4. The highest BCUT2D eigenvalue weighted by Gasteiger charge is 2.16. The van der Waals surface area contributed by atoms with Gasteiger partial charge < -0.3 is 5.32 Å². The van der Waals surface area contributed by atoms with E-state index in [0.717, 1.165) is 6.42 Å². The van der Waals surface area contributed by atoms with Gasteiger partial charge in [0.2, 0.25) is 0 Å². The Balaban J connectivity index is 2.55. The topological polar surface area (TPSA) is 12.0 Å². The van der Waals surface area contributed by atoms with Crippen molar-refractivity contribution >= 4 is 0 Å². The molecular weight excluding hydrogens is 170 g/mol. The molecule has 0 saturated heterocycles. The van der Waals surface area contributed by atoms with E-state index in [1.54, 1.807) is 0 Å². The minimum absolute atomic E-state index is 0.0632. The lowest BCUT2D eigenvalue weighted by Crippen LogP contribution is -2.41. The SMILES string of the molecule is C#CCNC(C)(C)Cc1ccccc1. The van der Waals surface area contributed by atoms with Crippen molar-refractivity contribution in [1.82, 2.24) is 5.32 Å². The van der Waals surface area contributed by atoms with Crippen molar-refractivity contribution in [3.05, 3.63) is 35.9 Å². The minimum atomic E-state index is 0.0632. The van der Waals surface area contributed by atoms with Crippen LogP contribution in [-0.2, 0) is 6.42 Å². The number of hydrogen-bond acceptors (Lipinski definition) is 1. The summed E-state index contributed by atoms with van der Waals surface area (Å²) in [6.07, 6.45) is 6.21. The fraction of sp³-hybridized carbons (Fsp3) is 0.385. The van der Waals surface area contributed by atoms with E-state index in [9.17, 15) is 0 Å². The summed E-state index contributed by atoms with van der Waals surface area (Å²) in [5, 5.41) is 3.32. The molecule has 74 valence electrons. The standard InChI is InChI=1S/C13H17N/c1-4-10-14-13(2,3)11-12-8-6-5-7-9-12/h1,5-9,14H,10-11H2,2-3H3. The van der Waals surface area contributed by atoms with E-state index in [1.807, 2.05) is 6.07 Å². The average Bonchev–Trinajstić information content (AvgIpc) is 2.16. The molecule has 1 N–H and O–H groups in total. The fourth-order valence-electron chi connectivity index (χ4n) is 1.46. The van der Waals surface area contributed by atoms with Crippen LogP contribution in [0.5, 0.6) is 0 Å². The Labute approximate surface area is 86.5 Å². The van der Waals surface area contributed by atoms with E-state index >= 15 is 0 Å². The van der Waals surface area contributed by atoms with Crippen LogP contribution in [0, 0.1) is 12.3 Å². The number of nitrogens with one attached hydrogen (secondary N) is 1. The molecule has 1 aromatic carbocycles. The van der Waals surface area contributed by atoms with Gasteiger partial charge in [-0.15, -0.1) is 6.42 Å². The summed E-state index contributed by atoms with van der Waals surface area (Å²) in [5.41, 5.74) is 1.40. The molecule has 1 aromatic rings. The van der Waals surface area contributed by atoms with E-state index in [1.165, 1.54) is 5.56 Å². The summed E-state index contributed by atoms with van der Waals surface area (Å²) in [5.74, 6) is 2.60. The summed E-state index contributed by atoms with van der Waals surface area (Å²) in [6.45, 7) is 4.95. The van der Waals surface area contributed by atoms with Crippen LogP contribution in [0.25, 0.3) is 0 Å². The highest BCUT2D eigenvalue weighted by Crippen LogP contribution is 2.11. The Morgan fingerprint density at radius 1 is 1.29 bits per heavy atom. The van der Waals surface area contributed by atoms with Gasteiger partial charge in [0, 0.05) is 5.54 Å². The Hall–Kier alpha value is -1.26. The number of terminal acetylenes is 1. The van der Waals surface area contributed by atoms with Crippen molar-refractivity contribution in [3.8, 4) is 12.3 Å². The van der Waals surface area contributed by atoms with Crippen LogP contribution in [0.15, 0.2) is 30.3 Å². The maximum absolute atomic E-state index is 5.22. The largest absolute Gasteiger partial charge is 0.301 e. The lowest BCUT2D eigenvalue weighted by atomic mass is 9.95. The zero-order valence-corrected chi connectivity index (χ0v) is 8.88. The van der Waals surface area contributed by atoms with Crippen LogP contribution in [0.3, 0.4) is 0 Å². The van der Waals surface area contributed by atoms with Crippen LogP contribution >= 0.6 is 0 Å². The summed E-state index contributed by atoms with van der Waals surface area (Å²) < 4.78 is 0. The molecule has 0 bridgehead atoms. The third-order valence-electron chi connectivity index (χ3n) is 2.16. The molecule has 1 heteroatoms. The van der Waals surface area contributed by atoms with Gasteiger partial charge in [-0.2, -0.15) is 0 Å². The third-order valence-corrected chi connectivity index (χ3v) is 2.16. The van der Waals surface area contributed by atoms with Gasteiger partial charge >= 0.3 is 0 Å². The van der Waals surface area contributed by atoms with E-state index in [4.69, 9.17) is 6.42 Å². The van der Waals surface area contributed by atoms with Crippen molar-refractivity contribution in [1.29, 1.82) is 0 Å². The van der Waals surface area contributed by atoms with E-state index in [0.29, 0.717) is 6.54 Å². The molecule has 0 aliphatic heterocycles. The number of rotatable bonds is 4. The van der Waals surface area contributed by atoms with Crippen molar-refractivity contribution < 1.29 is 0 Å². The smallest absolute Gasteiger partial charge is 0.0578 e. The van der Waals surface area contributed by atoms with Gasteiger partial charge in [-0.05, 0) is 25.8 Å². The van der Waals surface area contributed by atoms with Crippen molar-refractivity contribution in [2.24, 2.45) is 0 Å². The van der Waals surface area contributed by atoms with Gasteiger partial charge in [-0.25, -0.2) is 0 Å². The molecule has 0 aliphatic carbocycles. The zero-order chi connectivity index (χ0) is 10.4. The van der Waals surface area contributed by atoms with Gasteiger partial charge in [-0.3, -0.25) is 0 Å². The molecule has 0 fully saturated rings. The number of benzene rings is 1. The molecule has 0 heterocycles. The van der Waals surface area contributed by atoms with Gasteiger partial charge in [0.15, 0.2) is 0 Å². The predicted molar refractivity (Wildman–Crippen MR) is 61.1 cm³/mol. The van der Waals surface area contributed by atoms with Crippen LogP contribution in [0.2, 0.25) is 0 Å². The molecule has 0 amide bonds. The molecule has 1 rings (SSSR count). The first-order chi connectivity index (χ1) is 6.64. The van der Waals surface area contributed by atoms with E-state index in [-0.39, 0.29) is 5.54 Å². The molecule has 0 unspecified atom stereocenters.